The third kappa shape index (κ3) is 6.14. The van der Waals surface area contributed by atoms with Gasteiger partial charge in [0.25, 0.3) is 5.56 Å². The molecule has 1 aliphatic rings. The van der Waals surface area contributed by atoms with Gasteiger partial charge in [0.15, 0.2) is 4.80 Å². The predicted molar refractivity (Wildman–Crippen MR) is 164 cm³/mol. The van der Waals surface area contributed by atoms with Gasteiger partial charge in [0.05, 0.1) is 32.9 Å². The monoisotopic (exact) mass is 698 g/mol. The van der Waals surface area contributed by atoms with Gasteiger partial charge < -0.3 is 9.47 Å². The molecule has 1 atom stereocenters. The molecule has 0 unspecified atom stereocenters. The van der Waals surface area contributed by atoms with Crippen molar-refractivity contribution in [1.82, 2.24) is 4.57 Å². The van der Waals surface area contributed by atoms with Crippen LogP contribution in [-0.4, -0.2) is 17.1 Å². The first kappa shape index (κ1) is 29.2. The number of esters is 1. The van der Waals surface area contributed by atoms with Gasteiger partial charge in [0.2, 0.25) is 0 Å². The average Bonchev–Trinajstić information content (AvgIpc) is 3.23. The second-order valence-corrected chi connectivity index (χ2v) is 12.2. The highest BCUT2D eigenvalue weighted by Crippen LogP contribution is 2.34. The van der Waals surface area contributed by atoms with E-state index in [1.807, 2.05) is 43.3 Å². The topological polar surface area (TPSA) is 69.9 Å². The van der Waals surface area contributed by atoms with Gasteiger partial charge in [-0.2, -0.15) is 0 Å². The number of thiazole rings is 1. The number of carbonyl (C=O) groups excluding carboxylic acids is 1. The number of ether oxygens (including phenoxy) is 2. The molecule has 1 aliphatic heterocycles. The average molecular weight is 700 g/mol. The number of hydrogen-bond donors (Lipinski definition) is 0. The highest BCUT2D eigenvalue weighted by molar-refractivity contribution is 9.11. The normalized spacial score (nSPS) is 15.0. The summed E-state index contributed by atoms with van der Waals surface area (Å²) < 4.78 is 28.3. The van der Waals surface area contributed by atoms with Crippen LogP contribution < -0.4 is 19.6 Å². The fraction of sp³-hybridized carbons (Fsp3) is 0.194. The van der Waals surface area contributed by atoms with Crippen molar-refractivity contribution in [3.05, 3.63) is 129 Å². The van der Waals surface area contributed by atoms with Gasteiger partial charge >= 0.3 is 5.97 Å². The maximum Gasteiger partial charge on any atom is 0.338 e. The van der Waals surface area contributed by atoms with Crippen LogP contribution in [0.2, 0.25) is 0 Å². The number of aromatic nitrogens is 1. The predicted octanol–water partition coefficient (Wildman–Crippen LogP) is 6.35. The van der Waals surface area contributed by atoms with Crippen LogP contribution >= 0.6 is 43.2 Å². The summed E-state index contributed by atoms with van der Waals surface area (Å²) in [6, 6.07) is 16.9. The second-order valence-electron chi connectivity index (χ2n) is 9.43. The first-order valence-corrected chi connectivity index (χ1v) is 15.2. The molecule has 0 aliphatic carbocycles. The minimum atomic E-state index is -0.684. The first-order chi connectivity index (χ1) is 19.7. The molecule has 0 bridgehead atoms. The minimum Gasteiger partial charge on any atom is -0.487 e. The molecule has 10 heteroatoms. The lowest BCUT2D eigenvalue weighted by molar-refractivity contribution is -0.139. The fourth-order valence-corrected chi connectivity index (χ4v) is 6.98. The summed E-state index contributed by atoms with van der Waals surface area (Å²) in [5.41, 5.74) is 3.87. The van der Waals surface area contributed by atoms with Gasteiger partial charge in [0, 0.05) is 10.0 Å². The lowest BCUT2D eigenvalue weighted by atomic mass is 9.95. The van der Waals surface area contributed by atoms with Crippen LogP contribution in [0.25, 0.3) is 6.08 Å². The molecule has 41 heavy (non-hydrogen) atoms. The molecule has 0 N–H and O–H groups in total. The Morgan fingerprint density at radius 3 is 2.49 bits per heavy atom. The van der Waals surface area contributed by atoms with Gasteiger partial charge in [0.1, 0.15) is 18.2 Å². The van der Waals surface area contributed by atoms with Crippen LogP contribution in [0, 0.1) is 12.7 Å². The zero-order valence-electron chi connectivity index (χ0n) is 22.4. The number of hydrogen-bond acceptors (Lipinski definition) is 6. The summed E-state index contributed by atoms with van der Waals surface area (Å²) in [6.45, 7) is 5.90. The Kier molecular flexibility index (Phi) is 8.72. The van der Waals surface area contributed by atoms with Crippen LogP contribution in [0.4, 0.5) is 4.39 Å². The molecule has 0 spiro atoms. The molecule has 1 aromatic heterocycles. The molecule has 3 aromatic carbocycles. The molecular formula is C31H25Br2FN2O4S. The lowest BCUT2D eigenvalue weighted by Crippen LogP contribution is -2.39. The lowest BCUT2D eigenvalue weighted by Gasteiger charge is -2.24. The van der Waals surface area contributed by atoms with E-state index in [1.54, 1.807) is 36.6 Å². The Morgan fingerprint density at radius 1 is 1.10 bits per heavy atom. The Hall–Kier alpha value is -3.34. The van der Waals surface area contributed by atoms with E-state index in [2.05, 4.69) is 36.9 Å². The van der Waals surface area contributed by atoms with E-state index < -0.39 is 12.0 Å². The van der Waals surface area contributed by atoms with Crippen LogP contribution in [0.15, 0.2) is 90.7 Å². The molecule has 210 valence electrons. The number of allylic oxidation sites excluding steroid dienone is 1. The van der Waals surface area contributed by atoms with Crippen molar-refractivity contribution in [2.45, 2.75) is 33.4 Å². The van der Waals surface area contributed by atoms with E-state index >= 15 is 0 Å². The highest BCUT2D eigenvalue weighted by Gasteiger charge is 2.33. The Morgan fingerprint density at radius 2 is 1.80 bits per heavy atom. The Labute approximate surface area is 256 Å². The fourth-order valence-electron chi connectivity index (χ4n) is 4.57. The second kappa shape index (κ2) is 12.3. The van der Waals surface area contributed by atoms with E-state index in [0.29, 0.717) is 36.4 Å². The Balaban J connectivity index is 1.64. The first-order valence-electron chi connectivity index (χ1n) is 12.8. The molecule has 6 nitrogen and oxygen atoms in total. The summed E-state index contributed by atoms with van der Waals surface area (Å²) in [5.74, 6) is -0.289. The number of aryl methyl sites for hydroxylation is 1. The number of halogens is 3. The number of nitrogens with zero attached hydrogens (tertiary/aromatic N) is 2. The summed E-state index contributed by atoms with van der Waals surface area (Å²) in [7, 11) is 0. The zero-order valence-corrected chi connectivity index (χ0v) is 26.4. The van der Waals surface area contributed by atoms with Gasteiger partial charge in [-0.1, -0.05) is 69.2 Å². The maximum atomic E-state index is 14.0. The standard InChI is InChI=1S/C31H25Br2FN2O4S/c1-4-39-30(38)26-18(3)35-31-36(27(26)20-9-5-17(2)6-10-20)29(37)25(41-31)14-21-13-22(32)15-24(33)28(21)40-16-19-7-11-23(34)12-8-19/h5-15,27H,4,16H2,1-3H3/b25-14-/t27-/m0/s1. The number of fused-ring (bicyclic) bond motifs is 1. The van der Waals surface area contributed by atoms with Crippen molar-refractivity contribution in [2.75, 3.05) is 6.61 Å². The van der Waals surface area contributed by atoms with E-state index in [9.17, 15) is 14.0 Å². The van der Waals surface area contributed by atoms with Crippen LogP contribution in [0.5, 0.6) is 5.75 Å². The minimum absolute atomic E-state index is 0.206. The summed E-state index contributed by atoms with van der Waals surface area (Å²) in [5, 5.41) is 0. The third-order valence-corrected chi connectivity index (χ3v) is 8.56. The Bertz CT molecular complexity index is 1850. The third-order valence-electron chi connectivity index (χ3n) is 6.53. The molecule has 4 aromatic rings. The number of carbonyl (C=O) groups is 1. The summed E-state index contributed by atoms with van der Waals surface area (Å²) in [6.07, 6.45) is 1.76. The summed E-state index contributed by atoms with van der Waals surface area (Å²) in [4.78, 5) is 32.2. The van der Waals surface area contributed by atoms with Crippen molar-refractivity contribution in [2.24, 2.45) is 4.99 Å². The van der Waals surface area contributed by atoms with Gasteiger partial charge in [-0.25, -0.2) is 14.2 Å². The van der Waals surface area contributed by atoms with Gasteiger partial charge in [-0.05, 0) is 78.2 Å². The quantitative estimate of drug-likeness (QED) is 0.211. The van der Waals surface area contributed by atoms with Crippen molar-refractivity contribution < 1.29 is 18.7 Å². The van der Waals surface area contributed by atoms with Crippen LogP contribution in [0.1, 0.15) is 42.1 Å². The van der Waals surface area contributed by atoms with Crippen molar-refractivity contribution in [1.29, 1.82) is 0 Å². The largest absolute Gasteiger partial charge is 0.487 e. The molecular weight excluding hydrogens is 675 g/mol. The van der Waals surface area contributed by atoms with E-state index in [4.69, 9.17) is 9.47 Å². The smallest absolute Gasteiger partial charge is 0.338 e. The van der Waals surface area contributed by atoms with E-state index in [0.717, 1.165) is 21.2 Å². The molecule has 0 saturated carbocycles. The van der Waals surface area contributed by atoms with Gasteiger partial charge in [-0.15, -0.1) is 0 Å². The molecule has 5 rings (SSSR count). The summed E-state index contributed by atoms with van der Waals surface area (Å²) >= 11 is 8.34. The van der Waals surface area contributed by atoms with Crippen LogP contribution in [0.3, 0.4) is 0 Å². The molecule has 0 radical (unpaired) electrons. The van der Waals surface area contributed by atoms with Crippen LogP contribution in [-0.2, 0) is 16.1 Å². The van der Waals surface area contributed by atoms with Crippen molar-refractivity contribution in [3.8, 4) is 5.75 Å². The molecule has 0 fully saturated rings. The molecule has 2 heterocycles. The van der Waals surface area contributed by atoms with Crippen molar-refractivity contribution >= 4 is 55.2 Å². The number of rotatable bonds is 7. The number of benzene rings is 3. The SMILES string of the molecule is CCOC(=O)C1=C(C)N=c2s/c(=C\c3cc(Br)cc(Br)c3OCc3ccc(F)cc3)c(=O)n2[C@H]1c1ccc(C)cc1. The highest BCUT2D eigenvalue weighted by atomic mass is 79.9. The maximum absolute atomic E-state index is 14.0. The van der Waals surface area contributed by atoms with Crippen molar-refractivity contribution in [3.63, 3.8) is 0 Å². The van der Waals surface area contributed by atoms with Gasteiger partial charge in [-0.3, -0.25) is 9.36 Å². The van der Waals surface area contributed by atoms with E-state index in [-0.39, 0.29) is 24.6 Å². The van der Waals surface area contributed by atoms with E-state index in [1.165, 1.54) is 23.5 Å². The zero-order chi connectivity index (χ0) is 29.3. The molecule has 0 amide bonds. The molecule has 0 saturated heterocycles.